The molecule has 0 amide bonds. The van der Waals surface area contributed by atoms with Gasteiger partial charge in [-0.1, -0.05) is 48.5 Å². The lowest BCUT2D eigenvalue weighted by Gasteiger charge is -2.06. The van der Waals surface area contributed by atoms with Gasteiger partial charge in [0, 0.05) is 28.1 Å². The van der Waals surface area contributed by atoms with Gasteiger partial charge in [0.2, 0.25) is 0 Å². The molecule has 7 nitrogen and oxygen atoms in total. The lowest BCUT2D eigenvalue weighted by molar-refractivity contribution is -0.142. The third kappa shape index (κ3) is 7.07. The van der Waals surface area contributed by atoms with E-state index in [9.17, 15) is 14.4 Å². The van der Waals surface area contributed by atoms with Crippen molar-refractivity contribution in [2.24, 2.45) is 0 Å². The van der Waals surface area contributed by atoms with Gasteiger partial charge >= 0.3 is 17.9 Å². The van der Waals surface area contributed by atoms with E-state index in [0.29, 0.717) is 17.5 Å². The van der Waals surface area contributed by atoms with Crippen molar-refractivity contribution in [2.45, 2.75) is 33.2 Å². The second-order valence-corrected chi connectivity index (χ2v) is 9.14. The van der Waals surface area contributed by atoms with Gasteiger partial charge in [-0.2, -0.15) is 0 Å². The molecule has 4 rings (SSSR count). The Morgan fingerprint density at radius 2 is 1.59 bits per heavy atom. The molecule has 0 spiro atoms. The summed E-state index contributed by atoms with van der Waals surface area (Å²) in [5.74, 6) is -2.44. The molecule has 0 bridgehead atoms. The van der Waals surface area contributed by atoms with Crippen molar-refractivity contribution < 1.29 is 29.3 Å². The van der Waals surface area contributed by atoms with Gasteiger partial charge in [-0.25, -0.2) is 9.59 Å². The molecule has 0 atom stereocenters. The van der Waals surface area contributed by atoms with Crippen molar-refractivity contribution in [3.8, 4) is 0 Å². The fourth-order valence-electron chi connectivity index (χ4n) is 4.08. The predicted molar refractivity (Wildman–Crippen MR) is 145 cm³/mol. The first-order chi connectivity index (χ1) is 17.7. The van der Waals surface area contributed by atoms with Gasteiger partial charge in [-0.15, -0.1) is 0 Å². The Morgan fingerprint density at radius 1 is 0.919 bits per heavy atom. The molecule has 1 aromatic heterocycles. The number of fused-ring (bicyclic) bond motifs is 1. The summed E-state index contributed by atoms with van der Waals surface area (Å²) in [4.78, 5) is 33.3. The second-order valence-electron chi connectivity index (χ2n) is 8.29. The summed E-state index contributed by atoms with van der Waals surface area (Å²) < 4.78 is 7.70. The number of benzene rings is 3. The maximum Gasteiger partial charge on any atom is 0.337 e. The Labute approximate surface area is 223 Å². The van der Waals surface area contributed by atoms with Crippen LogP contribution in [-0.4, -0.2) is 39.3 Å². The molecule has 0 radical (unpaired) electrons. The summed E-state index contributed by atoms with van der Waals surface area (Å²) in [5.41, 5.74) is 3.77. The van der Waals surface area contributed by atoms with Gasteiger partial charge in [0.05, 0.1) is 24.2 Å². The summed E-state index contributed by atoms with van der Waals surface area (Å²) in [6.45, 7) is 4.62. The average Bonchev–Trinajstić information content (AvgIpc) is 3.21. The molecule has 8 heteroatoms. The van der Waals surface area contributed by atoms with Gasteiger partial charge in [0.25, 0.3) is 0 Å². The number of aromatic carboxylic acids is 2. The van der Waals surface area contributed by atoms with Crippen molar-refractivity contribution in [1.29, 1.82) is 0 Å². The van der Waals surface area contributed by atoms with Crippen LogP contribution in [0.3, 0.4) is 0 Å². The number of para-hydroxylation sites is 1. The molecule has 0 aliphatic heterocycles. The molecule has 0 saturated heterocycles. The minimum Gasteiger partial charge on any atom is -0.478 e. The van der Waals surface area contributed by atoms with E-state index < -0.39 is 11.9 Å². The SMILES string of the molecule is CCOC(=O)Cc1cn(CCc2ccccc2)c2ccccc12.Cc1c(C(=O)O)ccc(Br)c1C(=O)O. The fraction of sp³-hybridized carbons (Fsp3) is 0.207. The minimum absolute atomic E-state index is 0.00519. The van der Waals surface area contributed by atoms with Crippen LogP contribution in [0.25, 0.3) is 10.9 Å². The Bertz CT molecular complexity index is 1410. The third-order valence-electron chi connectivity index (χ3n) is 5.85. The van der Waals surface area contributed by atoms with Crippen LogP contribution in [0.2, 0.25) is 0 Å². The van der Waals surface area contributed by atoms with Crippen LogP contribution >= 0.6 is 15.9 Å². The molecule has 0 unspecified atom stereocenters. The number of carboxylic acid groups (broad SMARTS) is 2. The van der Waals surface area contributed by atoms with Gasteiger partial charge in [0.15, 0.2) is 0 Å². The molecule has 3 aromatic carbocycles. The number of carbonyl (C=O) groups is 3. The third-order valence-corrected chi connectivity index (χ3v) is 6.51. The van der Waals surface area contributed by atoms with Gasteiger partial charge in [-0.05, 0) is 71.1 Å². The quantitative estimate of drug-likeness (QED) is 0.248. The molecule has 2 N–H and O–H groups in total. The molecule has 37 heavy (non-hydrogen) atoms. The highest BCUT2D eigenvalue weighted by Gasteiger charge is 2.17. The largest absolute Gasteiger partial charge is 0.478 e. The zero-order valence-electron chi connectivity index (χ0n) is 20.6. The molecule has 0 aliphatic carbocycles. The monoisotopic (exact) mass is 565 g/mol. The van der Waals surface area contributed by atoms with Crippen LogP contribution in [0.4, 0.5) is 0 Å². The standard InChI is InChI=1S/C20H21NO2.C9H7BrO4/c1-2-23-20(22)14-17-15-21(19-11-7-6-10-18(17)19)13-12-16-8-4-3-5-9-16;1-4-5(8(11)12)2-3-6(10)7(4)9(13)14/h3-11,15H,2,12-14H2,1H3;2-3H,1H3,(H,11,12)(H,13,14). The normalized spacial score (nSPS) is 10.5. The number of hydrogen-bond donors (Lipinski definition) is 2. The molecular weight excluding hydrogens is 538 g/mol. The van der Waals surface area contributed by atoms with Crippen LogP contribution in [0.15, 0.2) is 77.4 Å². The number of carbonyl (C=O) groups excluding carboxylic acids is 1. The summed E-state index contributed by atoms with van der Waals surface area (Å²) in [6.07, 6.45) is 3.38. The fourth-order valence-corrected chi connectivity index (χ4v) is 4.68. The van der Waals surface area contributed by atoms with E-state index in [4.69, 9.17) is 14.9 Å². The number of nitrogens with zero attached hydrogens (tertiary/aromatic N) is 1. The van der Waals surface area contributed by atoms with Gasteiger partial charge < -0.3 is 19.5 Å². The van der Waals surface area contributed by atoms with Gasteiger partial charge in [-0.3, -0.25) is 4.79 Å². The van der Waals surface area contributed by atoms with E-state index >= 15 is 0 Å². The van der Waals surface area contributed by atoms with Crippen LogP contribution in [-0.2, 0) is 28.9 Å². The predicted octanol–water partition coefficient (Wildman–Crippen LogP) is 6.14. The Kier molecular flexibility index (Phi) is 9.63. The average molecular weight is 566 g/mol. The number of esters is 1. The summed E-state index contributed by atoms with van der Waals surface area (Å²) in [6, 6.07) is 21.5. The van der Waals surface area contributed by atoms with Crippen LogP contribution in [0, 0.1) is 6.92 Å². The molecule has 4 aromatic rings. The smallest absolute Gasteiger partial charge is 0.337 e. The Balaban J connectivity index is 0.000000233. The number of ether oxygens (including phenoxy) is 1. The van der Waals surface area contributed by atoms with Crippen molar-refractivity contribution in [3.63, 3.8) is 0 Å². The Morgan fingerprint density at radius 3 is 2.24 bits per heavy atom. The molecule has 0 aliphatic rings. The van der Waals surface area contributed by atoms with Crippen LogP contribution in [0.1, 0.15) is 44.3 Å². The van der Waals surface area contributed by atoms with Gasteiger partial charge in [0.1, 0.15) is 0 Å². The van der Waals surface area contributed by atoms with Crippen molar-refractivity contribution >= 4 is 44.7 Å². The van der Waals surface area contributed by atoms with E-state index in [0.717, 1.165) is 23.9 Å². The number of rotatable bonds is 8. The maximum atomic E-state index is 11.8. The van der Waals surface area contributed by atoms with Crippen molar-refractivity contribution in [2.75, 3.05) is 6.61 Å². The first-order valence-corrected chi connectivity index (χ1v) is 12.5. The zero-order chi connectivity index (χ0) is 26.9. The molecule has 1 heterocycles. The first-order valence-electron chi connectivity index (χ1n) is 11.7. The maximum absolute atomic E-state index is 11.8. The second kappa shape index (κ2) is 12.9. The number of hydrogen-bond acceptors (Lipinski definition) is 4. The highest BCUT2D eigenvalue weighted by atomic mass is 79.9. The summed E-state index contributed by atoms with van der Waals surface area (Å²) >= 11 is 3.06. The summed E-state index contributed by atoms with van der Waals surface area (Å²) in [7, 11) is 0. The minimum atomic E-state index is -1.14. The zero-order valence-corrected chi connectivity index (χ0v) is 22.2. The van der Waals surface area contributed by atoms with E-state index in [-0.39, 0.29) is 22.7 Å². The summed E-state index contributed by atoms with van der Waals surface area (Å²) in [5, 5.41) is 18.7. The highest BCUT2D eigenvalue weighted by Crippen LogP contribution is 2.24. The first kappa shape index (κ1) is 27.7. The highest BCUT2D eigenvalue weighted by molar-refractivity contribution is 9.10. The number of aryl methyl sites for hydroxylation is 2. The Hall–Kier alpha value is -3.91. The lowest BCUT2D eigenvalue weighted by atomic mass is 10.0. The molecule has 192 valence electrons. The van der Waals surface area contributed by atoms with E-state index in [1.54, 1.807) is 0 Å². The van der Waals surface area contributed by atoms with Crippen LogP contribution < -0.4 is 0 Å². The molecule has 0 saturated carbocycles. The van der Waals surface area contributed by atoms with E-state index in [2.05, 4.69) is 63.1 Å². The number of carboxylic acids is 2. The van der Waals surface area contributed by atoms with Crippen LogP contribution in [0.5, 0.6) is 0 Å². The lowest BCUT2D eigenvalue weighted by Crippen LogP contribution is -2.07. The van der Waals surface area contributed by atoms with Crippen molar-refractivity contribution in [3.05, 3.63) is 105 Å². The topological polar surface area (TPSA) is 106 Å². The van der Waals surface area contributed by atoms with E-state index in [1.165, 1.54) is 30.1 Å². The molecular formula is C29H28BrNO6. The molecule has 0 fully saturated rings. The van der Waals surface area contributed by atoms with E-state index in [1.807, 2.05) is 25.1 Å². The van der Waals surface area contributed by atoms with Crippen molar-refractivity contribution in [1.82, 2.24) is 4.57 Å². The number of aromatic nitrogens is 1. The number of halogens is 1.